The van der Waals surface area contributed by atoms with Crippen molar-refractivity contribution in [3.05, 3.63) is 75.5 Å². The summed E-state index contributed by atoms with van der Waals surface area (Å²) >= 11 is 0. The third-order valence-corrected chi connectivity index (χ3v) is 6.26. The van der Waals surface area contributed by atoms with Crippen molar-refractivity contribution >= 4 is 22.6 Å². The first-order valence-corrected chi connectivity index (χ1v) is 11.7. The number of benzene rings is 2. The monoisotopic (exact) mass is 492 g/mol. The number of aromatic nitrogens is 3. The first kappa shape index (κ1) is 25.0. The summed E-state index contributed by atoms with van der Waals surface area (Å²) in [5, 5.41) is 8.30. The molecule has 0 fully saturated rings. The van der Waals surface area contributed by atoms with E-state index in [0.717, 1.165) is 16.6 Å². The molecule has 0 aliphatic carbocycles. The highest BCUT2D eigenvalue weighted by molar-refractivity contribution is 5.91. The molecule has 2 aromatic heterocycles. The van der Waals surface area contributed by atoms with E-state index in [4.69, 9.17) is 9.47 Å². The largest absolute Gasteiger partial charge is 0.493 e. The maximum atomic E-state index is 13.9. The van der Waals surface area contributed by atoms with Gasteiger partial charge in [0, 0.05) is 35.7 Å². The number of methoxy groups -OCH3 is 2. The number of fused-ring (bicyclic) bond motifs is 1. The van der Waals surface area contributed by atoms with E-state index in [0.29, 0.717) is 40.6 Å². The van der Waals surface area contributed by atoms with Gasteiger partial charge in [-0.3, -0.25) is 14.2 Å². The summed E-state index contributed by atoms with van der Waals surface area (Å²) in [6, 6.07) is 11.2. The molecule has 188 valence electrons. The molecule has 0 atom stereocenters. The van der Waals surface area contributed by atoms with Crippen molar-refractivity contribution in [3.8, 4) is 17.2 Å². The summed E-state index contributed by atoms with van der Waals surface area (Å²) in [7, 11) is 3.07. The van der Waals surface area contributed by atoms with Crippen LogP contribution in [0.15, 0.2) is 47.3 Å². The zero-order chi connectivity index (χ0) is 26.0. The minimum atomic E-state index is -0.381. The predicted octanol–water partition coefficient (Wildman–Crippen LogP) is 4.55. The molecule has 0 bridgehead atoms. The smallest absolute Gasteiger partial charge is 0.255 e. The SMILES string of the molecule is CCn1c(=O)c(CCC(=O)Nc2ccc(OC)c(OC)c2)c(C)c2c(C)nn(-c3cccc(F)c3)c21. The Kier molecular flexibility index (Phi) is 7.10. The van der Waals surface area contributed by atoms with Crippen LogP contribution in [0.4, 0.5) is 10.1 Å². The van der Waals surface area contributed by atoms with E-state index < -0.39 is 0 Å². The Bertz CT molecular complexity index is 1510. The zero-order valence-electron chi connectivity index (χ0n) is 21.0. The van der Waals surface area contributed by atoms with Gasteiger partial charge in [0.05, 0.1) is 25.6 Å². The van der Waals surface area contributed by atoms with Crippen molar-refractivity contribution in [2.24, 2.45) is 0 Å². The summed E-state index contributed by atoms with van der Waals surface area (Å²) in [5.74, 6) is 0.464. The van der Waals surface area contributed by atoms with Gasteiger partial charge in [-0.25, -0.2) is 9.07 Å². The van der Waals surface area contributed by atoms with Crippen LogP contribution in [0.3, 0.4) is 0 Å². The molecule has 9 heteroatoms. The van der Waals surface area contributed by atoms with E-state index in [1.54, 1.807) is 46.7 Å². The molecule has 0 radical (unpaired) electrons. The number of carbonyl (C=O) groups excluding carboxylic acids is 1. The predicted molar refractivity (Wildman–Crippen MR) is 137 cm³/mol. The second-order valence-corrected chi connectivity index (χ2v) is 8.45. The molecular formula is C27H29FN4O4. The van der Waals surface area contributed by atoms with Gasteiger partial charge in [0.1, 0.15) is 11.5 Å². The quantitative estimate of drug-likeness (QED) is 0.390. The highest BCUT2D eigenvalue weighted by Gasteiger charge is 2.21. The molecule has 8 nitrogen and oxygen atoms in total. The Labute approximate surface area is 208 Å². The van der Waals surface area contributed by atoms with Gasteiger partial charge in [-0.05, 0) is 63.1 Å². The molecule has 0 saturated carbocycles. The lowest BCUT2D eigenvalue weighted by atomic mass is 10.0. The number of ether oxygens (including phenoxy) is 2. The van der Waals surface area contributed by atoms with Gasteiger partial charge in [0.15, 0.2) is 11.5 Å². The highest BCUT2D eigenvalue weighted by Crippen LogP contribution is 2.30. The van der Waals surface area contributed by atoms with Crippen molar-refractivity contribution in [1.82, 2.24) is 14.3 Å². The number of carbonyl (C=O) groups is 1. The molecule has 0 spiro atoms. The summed E-state index contributed by atoms with van der Waals surface area (Å²) in [6.07, 6.45) is 0.390. The normalized spacial score (nSPS) is 11.1. The minimum Gasteiger partial charge on any atom is -0.493 e. The summed E-state index contributed by atoms with van der Waals surface area (Å²) < 4.78 is 27.7. The van der Waals surface area contributed by atoms with E-state index in [1.807, 2.05) is 20.8 Å². The standard InChI is InChI=1S/C27H29FN4O4/c1-6-31-26-25(17(3)30-32(26)20-9-7-8-18(28)14-20)16(2)21(27(31)34)11-13-24(33)29-19-10-12-22(35-4)23(15-19)36-5/h7-10,12,14-15H,6,11,13H2,1-5H3,(H,29,33). The number of nitrogens with zero attached hydrogens (tertiary/aromatic N) is 3. The average Bonchev–Trinajstić information content (AvgIpc) is 3.21. The van der Waals surface area contributed by atoms with Gasteiger partial charge in [-0.1, -0.05) is 6.07 Å². The molecule has 0 saturated heterocycles. The van der Waals surface area contributed by atoms with E-state index in [9.17, 15) is 14.0 Å². The number of aryl methyl sites for hydroxylation is 3. The zero-order valence-corrected chi connectivity index (χ0v) is 21.0. The molecule has 1 amide bonds. The highest BCUT2D eigenvalue weighted by atomic mass is 19.1. The maximum absolute atomic E-state index is 13.9. The van der Waals surface area contributed by atoms with Gasteiger partial charge < -0.3 is 14.8 Å². The molecule has 4 aromatic rings. The van der Waals surface area contributed by atoms with Gasteiger partial charge in [-0.2, -0.15) is 5.10 Å². The fraction of sp³-hybridized carbons (Fsp3) is 0.296. The van der Waals surface area contributed by atoms with E-state index >= 15 is 0 Å². The molecule has 0 aliphatic heterocycles. The number of rotatable bonds is 8. The Morgan fingerprint density at radius 1 is 1.08 bits per heavy atom. The fourth-order valence-corrected chi connectivity index (χ4v) is 4.53. The van der Waals surface area contributed by atoms with Crippen LogP contribution in [0.2, 0.25) is 0 Å². The number of halogens is 1. The van der Waals surface area contributed by atoms with Gasteiger partial charge in [0.25, 0.3) is 5.56 Å². The number of amides is 1. The van der Waals surface area contributed by atoms with Crippen LogP contribution in [0, 0.1) is 19.7 Å². The summed E-state index contributed by atoms with van der Waals surface area (Å²) in [6.45, 7) is 6.02. The van der Waals surface area contributed by atoms with Crippen molar-refractivity contribution in [2.45, 2.75) is 40.2 Å². The van der Waals surface area contributed by atoms with Crippen molar-refractivity contribution in [2.75, 3.05) is 19.5 Å². The molecule has 1 N–H and O–H groups in total. The third-order valence-electron chi connectivity index (χ3n) is 6.26. The van der Waals surface area contributed by atoms with Crippen LogP contribution in [-0.2, 0) is 17.8 Å². The third kappa shape index (κ3) is 4.56. The number of nitrogens with one attached hydrogen (secondary N) is 1. The van der Waals surface area contributed by atoms with Crippen molar-refractivity contribution < 1.29 is 18.7 Å². The van der Waals surface area contributed by atoms with Crippen LogP contribution >= 0.6 is 0 Å². The first-order chi connectivity index (χ1) is 17.3. The number of hydrogen-bond donors (Lipinski definition) is 1. The van der Waals surface area contributed by atoms with Crippen molar-refractivity contribution in [3.63, 3.8) is 0 Å². The molecular weight excluding hydrogens is 463 g/mol. The van der Waals surface area contributed by atoms with Gasteiger partial charge in [-0.15, -0.1) is 0 Å². The van der Waals surface area contributed by atoms with E-state index in [1.165, 1.54) is 19.2 Å². The first-order valence-electron chi connectivity index (χ1n) is 11.7. The molecule has 2 aromatic carbocycles. The Balaban J connectivity index is 1.66. The summed E-state index contributed by atoms with van der Waals surface area (Å²) in [5.41, 5.74) is 3.61. The lowest BCUT2D eigenvalue weighted by Gasteiger charge is -2.15. The molecule has 36 heavy (non-hydrogen) atoms. The lowest BCUT2D eigenvalue weighted by Crippen LogP contribution is -2.27. The number of anilines is 1. The average molecular weight is 493 g/mol. The van der Waals surface area contributed by atoms with Gasteiger partial charge >= 0.3 is 0 Å². The Hall–Kier alpha value is -4.14. The topological polar surface area (TPSA) is 87.4 Å². The number of hydrogen-bond acceptors (Lipinski definition) is 5. The van der Waals surface area contributed by atoms with Crippen LogP contribution in [0.25, 0.3) is 16.7 Å². The molecule has 2 heterocycles. The molecule has 0 aliphatic rings. The van der Waals surface area contributed by atoms with Crippen LogP contribution in [0.5, 0.6) is 11.5 Å². The summed E-state index contributed by atoms with van der Waals surface area (Å²) in [4.78, 5) is 26.2. The van der Waals surface area contributed by atoms with E-state index in [2.05, 4.69) is 10.4 Å². The van der Waals surface area contributed by atoms with Crippen LogP contribution in [-0.4, -0.2) is 34.5 Å². The molecule has 4 rings (SSSR count). The fourth-order valence-electron chi connectivity index (χ4n) is 4.53. The second kappa shape index (κ2) is 10.2. The van der Waals surface area contributed by atoms with Crippen LogP contribution < -0.4 is 20.3 Å². The number of pyridine rings is 1. The molecule has 0 unspecified atom stereocenters. The minimum absolute atomic E-state index is 0.122. The lowest BCUT2D eigenvalue weighted by molar-refractivity contribution is -0.116. The Morgan fingerprint density at radius 2 is 1.83 bits per heavy atom. The van der Waals surface area contributed by atoms with Crippen molar-refractivity contribution in [1.29, 1.82) is 0 Å². The second-order valence-electron chi connectivity index (χ2n) is 8.45. The Morgan fingerprint density at radius 3 is 2.50 bits per heavy atom. The van der Waals surface area contributed by atoms with E-state index in [-0.39, 0.29) is 30.1 Å². The van der Waals surface area contributed by atoms with Crippen LogP contribution in [0.1, 0.15) is 30.2 Å². The van der Waals surface area contributed by atoms with Gasteiger partial charge in [0.2, 0.25) is 5.91 Å². The maximum Gasteiger partial charge on any atom is 0.255 e.